The molecule has 2 saturated heterocycles. The van der Waals surface area contributed by atoms with Crippen LogP contribution >= 0.6 is 11.6 Å². The summed E-state index contributed by atoms with van der Waals surface area (Å²) in [5.41, 5.74) is 1.20. The van der Waals surface area contributed by atoms with Crippen molar-refractivity contribution >= 4 is 39.9 Å². The number of likely N-dealkylation sites (tertiary alicyclic amines) is 1. The number of ether oxygens (including phenoxy) is 2. The van der Waals surface area contributed by atoms with Crippen LogP contribution in [0.15, 0.2) is 36.7 Å². The van der Waals surface area contributed by atoms with E-state index < -0.39 is 5.82 Å². The van der Waals surface area contributed by atoms with E-state index in [1.165, 1.54) is 18.5 Å². The van der Waals surface area contributed by atoms with E-state index in [0.717, 1.165) is 45.6 Å². The Morgan fingerprint density at radius 2 is 1.97 bits per heavy atom. The fourth-order valence-corrected chi connectivity index (χ4v) is 5.16. The lowest BCUT2D eigenvalue weighted by atomic mass is 10.2. The molecule has 0 radical (unpaired) electrons. The zero-order chi connectivity index (χ0) is 26.6. The number of amides is 1. The highest BCUT2D eigenvalue weighted by molar-refractivity contribution is 6.31. The van der Waals surface area contributed by atoms with Gasteiger partial charge in [0, 0.05) is 50.5 Å². The summed E-state index contributed by atoms with van der Waals surface area (Å²) in [6, 6.07) is 7.95. The summed E-state index contributed by atoms with van der Waals surface area (Å²) in [5.74, 6) is 1.27. The molecule has 11 heteroatoms. The zero-order valence-corrected chi connectivity index (χ0v) is 22.4. The van der Waals surface area contributed by atoms with E-state index in [1.807, 2.05) is 4.90 Å². The summed E-state index contributed by atoms with van der Waals surface area (Å²) in [5, 5.41) is 3.86. The van der Waals surface area contributed by atoms with Crippen LogP contribution in [0.3, 0.4) is 0 Å². The van der Waals surface area contributed by atoms with Gasteiger partial charge in [-0.05, 0) is 38.1 Å². The Bertz CT molecular complexity index is 1300. The number of piperazine rings is 1. The molecule has 0 unspecified atom stereocenters. The number of anilines is 2. The molecular weight excluding hydrogens is 511 g/mol. The van der Waals surface area contributed by atoms with E-state index in [2.05, 4.69) is 32.1 Å². The van der Waals surface area contributed by atoms with Crippen LogP contribution in [0.25, 0.3) is 10.9 Å². The van der Waals surface area contributed by atoms with E-state index in [-0.39, 0.29) is 17.0 Å². The van der Waals surface area contributed by atoms with E-state index >= 15 is 0 Å². The molecule has 1 aromatic heterocycles. The number of methoxy groups -OCH3 is 1. The Morgan fingerprint density at radius 1 is 1.16 bits per heavy atom. The van der Waals surface area contributed by atoms with Crippen molar-refractivity contribution in [2.75, 3.05) is 65.3 Å². The van der Waals surface area contributed by atoms with Crippen LogP contribution in [0.2, 0.25) is 5.02 Å². The molecule has 38 heavy (non-hydrogen) atoms. The highest BCUT2D eigenvalue weighted by Crippen LogP contribution is 2.36. The van der Waals surface area contributed by atoms with Gasteiger partial charge in [0.15, 0.2) is 0 Å². The first-order chi connectivity index (χ1) is 18.4. The SMILES string of the molecule is COc1cc(OC[C@H]2CCCN2C(=O)CN2CCN(C)CC2)c2c(Nc3ccc(F)c(Cl)c3)ncnc2c1. The van der Waals surface area contributed by atoms with E-state index in [4.69, 9.17) is 21.1 Å². The Labute approximate surface area is 226 Å². The van der Waals surface area contributed by atoms with Crippen LogP contribution < -0.4 is 14.8 Å². The third-order valence-corrected chi connectivity index (χ3v) is 7.47. The Hall–Kier alpha value is -3.21. The molecule has 202 valence electrons. The van der Waals surface area contributed by atoms with Crippen molar-refractivity contribution in [2.45, 2.75) is 18.9 Å². The second kappa shape index (κ2) is 11.7. The number of likely N-dealkylation sites (N-methyl/N-ethyl adjacent to an activating group) is 1. The number of carbonyl (C=O) groups is 1. The predicted octanol–water partition coefficient (Wildman–Crippen LogP) is 3.79. The number of hydrogen-bond donors (Lipinski definition) is 1. The van der Waals surface area contributed by atoms with Gasteiger partial charge in [-0.3, -0.25) is 9.69 Å². The van der Waals surface area contributed by atoms with Gasteiger partial charge in [0.2, 0.25) is 5.91 Å². The van der Waals surface area contributed by atoms with Crippen molar-refractivity contribution in [1.82, 2.24) is 24.7 Å². The number of benzene rings is 2. The summed E-state index contributed by atoms with van der Waals surface area (Å²) < 4.78 is 25.5. The minimum Gasteiger partial charge on any atom is -0.497 e. The molecule has 2 aliphatic heterocycles. The quantitative estimate of drug-likeness (QED) is 0.460. The summed E-state index contributed by atoms with van der Waals surface area (Å²) in [4.78, 5) is 28.4. The molecule has 2 aliphatic rings. The zero-order valence-electron chi connectivity index (χ0n) is 21.6. The second-order valence-corrected chi connectivity index (χ2v) is 10.2. The second-order valence-electron chi connectivity index (χ2n) is 9.77. The third-order valence-electron chi connectivity index (χ3n) is 7.18. The highest BCUT2D eigenvalue weighted by Gasteiger charge is 2.31. The van der Waals surface area contributed by atoms with Gasteiger partial charge < -0.3 is 24.6 Å². The maximum atomic E-state index is 13.7. The highest BCUT2D eigenvalue weighted by atomic mass is 35.5. The first-order valence-electron chi connectivity index (χ1n) is 12.8. The first kappa shape index (κ1) is 26.4. The standard InChI is InChI=1S/C27H32ClFN6O3/c1-33-8-10-34(11-9-33)15-25(36)35-7-3-4-19(35)16-38-24-14-20(37-2)13-23-26(24)27(31-17-30-23)32-18-5-6-22(29)21(28)12-18/h5-6,12-14,17,19H,3-4,7-11,15-16H2,1-2H3,(H,30,31,32)/t19-/m1/s1. The van der Waals surface area contributed by atoms with Gasteiger partial charge in [0.05, 0.1) is 35.6 Å². The topological polar surface area (TPSA) is 83.1 Å². The summed E-state index contributed by atoms with van der Waals surface area (Å²) >= 11 is 5.97. The third kappa shape index (κ3) is 5.92. The van der Waals surface area contributed by atoms with Gasteiger partial charge >= 0.3 is 0 Å². The lowest BCUT2D eigenvalue weighted by molar-refractivity contribution is -0.134. The number of carbonyl (C=O) groups excluding carboxylic acids is 1. The number of hydrogen-bond acceptors (Lipinski definition) is 8. The smallest absolute Gasteiger partial charge is 0.237 e. The number of nitrogens with one attached hydrogen (secondary N) is 1. The number of nitrogens with zero attached hydrogens (tertiary/aromatic N) is 5. The molecule has 3 heterocycles. The lowest BCUT2D eigenvalue weighted by Gasteiger charge is -2.34. The van der Waals surface area contributed by atoms with E-state index in [9.17, 15) is 9.18 Å². The van der Waals surface area contributed by atoms with Crippen LogP contribution in [0, 0.1) is 5.82 Å². The van der Waals surface area contributed by atoms with Crippen molar-refractivity contribution in [2.24, 2.45) is 0 Å². The van der Waals surface area contributed by atoms with Crippen LogP contribution in [-0.4, -0.2) is 96.6 Å². The average molecular weight is 543 g/mol. The molecule has 0 bridgehead atoms. The molecule has 5 rings (SSSR count). The summed E-state index contributed by atoms with van der Waals surface area (Å²) in [7, 11) is 3.69. The molecule has 1 N–H and O–H groups in total. The first-order valence-corrected chi connectivity index (χ1v) is 13.2. The average Bonchev–Trinajstić information content (AvgIpc) is 3.39. The minimum atomic E-state index is -0.498. The molecule has 3 aromatic rings. The maximum Gasteiger partial charge on any atom is 0.237 e. The molecule has 2 aromatic carbocycles. The Kier molecular flexibility index (Phi) is 8.11. The van der Waals surface area contributed by atoms with Gasteiger partial charge in [0.1, 0.15) is 36.1 Å². The molecule has 9 nitrogen and oxygen atoms in total. The van der Waals surface area contributed by atoms with Crippen LogP contribution in [0.1, 0.15) is 12.8 Å². The number of fused-ring (bicyclic) bond motifs is 1. The maximum absolute atomic E-state index is 13.7. The summed E-state index contributed by atoms with van der Waals surface area (Å²) in [6.07, 6.45) is 3.27. The van der Waals surface area contributed by atoms with Crippen LogP contribution in [-0.2, 0) is 4.79 Å². The van der Waals surface area contributed by atoms with Gasteiger partial charge in [-0.15, -0.1) is 0 Å². The molecule has 2 fully saturated rings. The predicted molar refractivity (Wildman–Crippen MR) is 145 cm³/mol. The molecule has 0 aliphatic carbocycles. The Balaban J connectivity index is 1.35. The van der Waals surface area contributed by atoms with Crippen molar-refractivity contribution < 1.29 is 18.7 Å². The van der Waals surface area contributed by atoms with Gasteiger partial charge in [0.25, 0.3) is 0 Å². The largest absolute Gasteiger partial charge is 0.497 e. The normalized spacial score (nSPS) is 18.6. The fraction of sp³-hybridized carbons (Fsp3) is 0.444. The molecular formula is C27H32ClFN6O3. The molecule has 1 atom stereocenters. The van der Waals surface area contributed by atoms with E-state index in [1.54, 1.807) is 25.3 Å². The minimum absolute atomic E-state index is 0.00840. The van der Waals surface area contributed by atoms with Crippen molar-refractivity contribution in [3.05, 3.63) is 47.5 Å². The number of rotatable bonds is 8. The number of halogens is 2. The van der Waals surface area contributed by atoms with Gasteiger partial charge in [-0.2, -0.15) is 0 Å². The van der Waals surface area contributed by atoms with Crippen molar-refractivity contribution in [1.29, 1.82) is 0 Å². The van der Waals surface area contributed by atoms with Crippen LogP contribution in [0.4, 0.5) is 15.9 Å². The lowest BCUT2D eigenvalue weighted by Crippen LogP contribution is -2.50. The molecule has 0 saturated carbocycles. The summed E-state index contributed by atoms with van der Waals surface area (Å²) in [6.45, 7) is 5.28. The van der Waals surface area contributed by atoms with Gasteiger partial charge in [-0.1, -0.05) is 11.6 Å². The Morgan fingerprint density at radius 3 is 2.74 bits per heavy atom. The fourth-order valence-electron chi connectivity index (χ4n) is 4.98. The monoisotopic (exact) mass is 542 g/mol. The van der Waals surface area contributed by atoms with Crippen molar-refractivity contribution in [3.8, 4) is 11.5 Å². The molecule has 0 spiro atoms. The van der Waals surface area contributed by atoms with Crippen LogP contribution in [0.5, 0.6) is 11.5 Å². The number of aromatic nitrogens is 2. The molecule has 1 amide bonds. The van der Waals surface area contributed by atoms with E-state index in [0.29, 0.717) is 47.1 Å². The van der Waals surface area contributed by atoms with Gasteiger partial charge in [-0.25, -0.2) is 14.4 Å². The van der Waals surface area contributed by atoms with Crippen molar-refractivity contribution in [3.63, 3.8) is 0 Å².